The van der Waals surface area contributed by atoms with Crippen LogP contribution in [0.25, 0.3) is 10.9 Å². The van der Waals surface area contributed by atoms with Crippen LogP contribution in [-0.2, 0) is 0 Å². The Kier molecular flexibility index (Phi) is 4.07. The molecule has 3 nitrogen and oxygen atoms in total. The van der Waals surface area contributed by atoms with Crippen LogP contribution in [-0.4, -0.2) is 36.3 Å². The molecule has 1 aromatic heterocycles. The molecule has 1 unspecified atom stereocenters. The minimum Gasteiger partial charge on any atom is -0.360 e. The quantitative estimate of drug-likeness (QED) is 0.728. The van der Waals surface area contributed by atoms with E-state index in [1.165, 1.54) is 0 Å². The van der Waals surface area contributed by atoms with Gasteiger partial charge in [-0.15, -0.1) is 0 Å². The van der Waals surface area contributed by atoms with Gasteiger partial charge in [0.2, 0.25) is 0 Å². The first-order valence-corrected chi connectivity index (χ1v) is 7.47. The van der Waals surface area contributed by atoms with Crippen molar-refractivity contribution in [3.8, 4) is 0 Å². The Morgan fingerprint density at radius 2 is 1.73 bits per heavy atom. The first-order chi connectivity index (χ1) is 10.7. The van der Waals surface area contributed by atoms with E-state index in [9.17, 15) is 4.79 Å². The molecule has 0 aliphatic rings. The van der Waals surface area contributed by atoms with Crippen LogP contribution in [0.1, 0.15) is 21.8 Å². The minimum atomic E-state index is -0.157. The van der Waals surface area contributed by atoms with Crippen LogP contribution >= 0.6 is 0 Å². The molecule has 0 spiro atoms. The zero-order valence-corrected chi connectivity index (χ0v) is 12.9. The van der Waals surface area contributed by atoms with Gasteiger partial charge in [0.05, 0.1) is 5.92 Å². The summed E-state index contributed by atoms with van der Waals surface area (Å²) in [4.78, 5) is 18.4. The van der Waals surface area contributed by atoms with Crippen LogP contribution in [0.15, 0.2) is 60.8 Å². The van der Waals surface area contributed by atoms with Gasteiger partial charge in [-0.05, 0) is 25.7 Å². The summed E-state index contributed by atoms with van der Waals surface area (Å²) >= 11 is 0. The van der Waals surface area contributed by atoms with E-state index < -0.39 is 0 Å². The van der Waals surface area contributed by atoms with Gasteiger partial charge in [-0.1, -0.05) is 48.5 Å². The van der Waals surface area contributed by atoms with Gasteiger partial charge in [0, 0.05) is 29.2 Å². The Balaban J connectivity index is 2.02. The van der Waals surface area contributed by atoms with E-state index >= 15 is 0 Å². The second kappa shape index (κ2) is 6.16. The predicted molar refractivity (Wildman–Crippen MR) is 90.4 cm³/mol. The summed E-state index contributed by atoms with van der Waals surface area (Å²) in [5.74, 6) is 0.00718. The van der Waals surface area contributed by atoms with Crippen molar-refractivity contribution in [1.82, 2.24) is 9.88 Å². The first kappa shape index (κ1) is 14.5. The highest BCUT2D eigenvalue weighted by molar-refractivity contribution is 6.10. The molecule has 0 saturated heterocycles. The first-order valence-electron chi connectivity index (χ1n) is 7.47. The fourth-order valence-corrected chi connectivity index (χ4v) is 2.85. The molecule has 0 radical (unpaired) electrons. The number of carbonyl (C=O) groups excluding carboxylic acids is 1. The number of likely N-dealkylation sites (N-methyl/N-ethyl adjacent to an activating group) is 1. The highest BCUT2D eigenvalue weighted by Crippen LogP contribution is 2.26. The van der Waals surface area contributed by atoms with Crippen molar-refractivity contribution in [2.24, 2.45) is 0 Å². The molecule has 1 N–H and O–H groups in total. The normalized spacial score (nSPS) is 12.7. The Morgan fingerprint density at radius 1 is 1.05 bits per heavy atom. The third-order valence-electron chi connectivity index (χ3n) is 3.92. The zero-order chi connectivity index (χ0) is 15.5. The molecule has 1 heterocycles. The molecule has 0 aliphatic carbocycles. The number of ketones is 1. The lowest BCUT2D eigenvalue weighted by atomic mass is 9.90. The van der Waals surface area contributed by atoms with Gasteiger partial charge in [0.15, 0.2) is 5.78 Å². The predicted octanol–water partition coefficient (Wildman–Crippen LogP) is 3.70. The van der Waals surface area contributed by atoms with E-state index in [1.807, 2.05) is 74.9 Å². The molecular formula is C19H20N2O. The molecule has 0 aliphatic heterocycles. The number of hydrogen-bond acceptors (Lipinski definition) is 2. The van der Waals surface area contributed by atoms with Gasteiger partial charge in [0.25, 0.3) is 0 Å². The molecule has 3 heteroatoms. The summed E-state index contributed by atoms with van der Waals surface area (Å²) in [6, 6.07) is 17.9. The summed E-state index contributed by atoms with van der Waals surface area (Å²) < 4.78 is 0. The molecule has 3 aromatic rings. The maximum absolute atomic E-state index is 13.1. The smallest absolute Gasteiger partial charge is 0.173 e. The second-order valence-electron chi connectivity index (χ2n) is 5.84. The molecule has 0 amide bonds. The van der Waals surface area contributed by atoms with Gasteiger partial charge in [0.1, 0.15) is 0 Å². The van der Waals surface area contributed by atoms with E-state index in [0.29, 0.717) is 6.54 Å². The Labute approximate surface area is 130 Å². The van der Waals surface area contributed by atoms with Crippen LogP contribution in [0.5, 0.6) is 0 Å². The van der Waals surface area contributed by atoms with Crippen LogP contribution < -0.4 is 0 Å². The third kappa shape index (κ3) is 2.81. The highest BCUT2D eigenvalue weighted by Gasteiger charge is 2.24. The number of carbonyl (C=O) groups is 1. The Bertz CT molecular complexity index is 774. The molecular weight excluding hydrogens is 272 g/mol. The fraction of sp³-hybridized carbons (Fsp3) is 0.211. The summed E-state index contributed by atoms with van der Waals surface area (Å²) in [7, 11) is 4.00. The van der Waals surface area contributed by atoms with Crippen molar-refractivity contribution >= 4 is 16.7 Å². The minimum absolute atomic E-state index is 0.157. The standard InChI is InChI=1S/C19H20N2O/c1-21(2)13-17(14-8-4-3-5-9-14)19(22)16-12-20-18-11-7-6-10-15(16)18/h3-12,17,20H,13H2,1-2H3. The van der Waals surface area contributed by atoms with Crippen molar-refractivity contribution in [3.63, 3.8) is 0 Å². The topological polar surface area (TPSA) is 36.1 Å². The molecule has 2 aromatic carbocycles. The largest absolute Gasteiger partial charge is 0.360 e. The van der Waals surface area contributed by atoms with E-state index in [4.69, 9.17) is 0 Å². The summed E-state index contributed by atoms with van der Waals surface area (Å²) in [6.45, 7) is 0.697. The molecule has 0 fully saturated rings. The number of aromatic nitrogens is 1. The number of aromatic amines is 1. The van der Waals surface area contributed by atoms with Gasteiger partial charge >= 0.3 is 0 Å². The second-order valence-corrected chi connectivity index (χ2v) is 5.84. The Hall–Kier alpha value is -2.39. The number of rotatable bonds is 5. The monoisotopic (exact) mass is 292 g/mol. The molecule has 112 valence electrons. The zero-order valence-electron chi connectivity index (χ0n) is 12.9. The van der Waals surface area contributed by atoms with Crippen LogP contribution in [0, 0.1) is 0 Å². The molecule has 1 atom stereocenters. The van der Waals surface area contributed by atoms with Gasteiger partial charge in [-0.3, -0.25) is 4.79 Å². The number of nitrogens with one attached hydrogen (secondary N) is 1. The van der Waals surface area contributed by atoms with Crippen LogP contribution in [0.2, 0.25) is 0 Å². The lowest BCUT2D eigenvalue weighted by Gasteiger charge is -2.20. The lowest BCUT2D eigenvalue weighted by molar-refractivity contribution is 0.0946. The van der Waals surface area contributed by atoms with Gasteiger partial charge in [-0.2, -0.15) is 0 Å². The van der Waals surface area contributed by atoms with E-state index in [1.54, 1.807) is 0 Å². The van der Waals surface area contributed by atoms with E-state index in [-0.39, 0.29) is 11.7 Å². The van der Waals surface area contributed by atoms with Crippen LogP contribution in [0.3, 0.4) is 0 Å². The average molecular weight is 292 g/mol. The number of H-pyrrole nitrogens is 1. The number of Topliss-reactive ketones (excluding diaryl/α,β-unsaturated/α-hetero) is 1. The summed E-state index contributed by atoms with van der Waals surface area (Å²) in [5, 5.41) is 0.993. The van der Waals surface area contributed by atoms with E-state index in [2.05, 4.69) is 9.88 Å². The third-order valence-corrected chi connectivity index (χ3v) is 3.92. The van der Waals surface area contributed by atoms with Crippen molar-refractivity contribution in [2.45, 2.75) is 5.92 Å². The highest BCUT2D eigenvalue weighted by atomic mass is 16.1. The van der Waals surface area contributed by atoms with Crippen LogP contribution in [0.4, 0.5) is 0 Å². The average Bonchev–Trinajstić information content (AvgIpc) is 2.97. The SMILES string of the molecule is CN(C)CC(C(=O)c1c[nH]c2ccccc12)c1ccccc1. The lowest BCUT2D eigenvalue weighted by Crippen LogP contribution is -2.26. The van der Waals surface area contributed by atoms with Crippen molar-refractivity contribution in [2.75, 3.05) is 20.6 Å². The van der Waals surface area contributed by atoms with Gasteiger partial charge < -0.3 is 9.88 Å². The molecule has 0 saturated carbocycles. The molecule has 22 heavy (non-hydrogen) atoms. The summed E-state index contributed by atoms with van der Waals surface area (Å²) in [5.41, 5.74) is 2.83. The number of fused-ring (bicyclic) bond motifs is 1. The number of para-hydroxylation sites is 1. The maximum Gasteiger partial charge on any atom is 0.173 e. The van der Waals surface area contributed by atoms with E-state index in [0.717, 1.165) is 22.0 Å². The maximum atomic E-state index is 13.1. The van der Waals surface area contributed by atoms with Crippen molar-refractivity contribution in [3.05, 3.63) is 71.9 Å². The van der Waals surface area contributed by atoms with Gasteiger partial charge in [-0.25, -0.2) is 0 Å². The number of benzene rings is 2. The summed E-state index contributed by atoms with van der Waals surface area (Å²) in [6.07, 6.45) is 1.83. The Morgan fingerprint density at radius 3 is 2.45 bits per heavy atom. The van der Waals surface area contributed by atoms with Crippen molar-refractivity contribution in [1.29, 1.82) is 0 Å². The van der Waals surface area contributed by atoms with Crippen molar-refractivity contribution < 1.29 is 4.79 Å². The number of nitrogens with zero attached hydrogens (tertiary/aromatic N) is 1. The number of hydrogen-bond donors (Lipinski definition) is 1. The molecule has 0 bridgehead atoms. The molecule has 3 rings (SSSR count). The fourth-order valence-electron chi connectivity index (χ4n) is 2.85.